The van der Waals surface area contributed by atoms with Crippen molar-refractivity contribution in [2.45, 2.75) is 32.7 Å². The van der Waals surface area contributed by atoms with E-state index in [0.29, 0.717) is 50.5 Å². The van der Waals surface area contributed by atoms with Crippen LogP contribution in [0.1, 0.15) is 35.9 Å². The van der Waals surface area contributed by atoms with Gasteiger partial charge in [-0.15, -0.1) is 0 Å². The molecule has 2 aliphatic rings. The number of amides is 2. The van der Waals surface area contributed by atoms with Gasteiger partial charge in [-0.25, -0.2) is 14.8 Å². The van der Waals surface area contributed by atoms with Crippen molar-refractivity contribution in [3.63, 3.8) is 0 Å². The Morgan fingerprint density at radius 3 is 2.58 bits per heavy atom. The minimum Gasteiger partial charge on any atom is -0.450 e. The largest absolute Gasteiger partial charge is 0.450 e. The molecular weight excluding hydrogens is 310 g/mol. The minimum absolute atomic E-state index is 0.144. The molecule has 0 aromatic carbocycles. The van der Waals surface area contributed by atoms with Crippen LogP contribution in [0.5, 0.6) is 0 Å². The summed E-state index contributed by atoms with van der Waals surface area (Å²) in [5.41, 5.74) is 1.16. The minimum atomic E-state index is -0.285. The fourth-order valence-electron chi connectivity index (χ4n) is 2.60. The number of aryl methyl sites for hydroxylation is 1. The number of carbonyl (C=O) groups excluding carboxylic acids is 2. The quantitative estimate of drug-likeness (QED) is 0.883. The maximum atomic E-state index is 12.2. The summed E-state index contributed by atoms with van der Waals surface area (Å²) in [4.78, 5) is 36.5. The molecule has 8 heteroatoms. The zero-order valence-electron chi connectivity index (χ0n) is 14.1. The predicted molar refractivity (Wildman–Crippen MR) is 88.1 cm³/mol. The molecule has 0 spiro atoms. The molecule has 2 amide bonds. The monoisotopic (exact) mass is 333 g/mol. The van der Waals surface area contributed by atoms with Gasteiger partial charge < -0.3 is 19.9 Å². The summed E-state index contributed by atoms with van der Waals surface area (Å²) in [6, 6.07) is 2.00. The smallest absolute Gasteiger partial charge is 0.409 e. The Morgan fingerprint density at radius 1 is 1.25 bits per heavy atom. The zero-order valence-corrected chi connectivity index (χ0v) is 14.1. The van der Waals surface area contributed by atoms with Crippen molar-refractivity contribution in [1.82, 2.24) is 20.2 Å². The number of anilines is 1. The summed E-state index contributed by atoms with van der Waals surface area (Å²) < 4.78 is 5.02. The highest BCUT2D eigenvalue weighted by atomic mass is 16.6. The van der Waals surface area contributed by atoms with Crippen molar-refractivity contribution in [3.8, 4) is 0 Å². The summed E-state index contributed by atoms with van der Waals surface area (Å²) in [6.07, 6.45) is 1.79. The number of rotatable bonds is 4. The Bertz CT molecular complexity index is 624. The van der Waals surface area contributed by atoms with Gasteiger partial charge in [0, 0.05) is 37.9 Å². The Balaban J connectivity index is 1.65. The topological polar surface area (TPSA) is 87.7 Å². The van der Waals surface area contributed by atoms with E-state index >= 15 is 0 Å². The van der Waals surface area contributed by atoms with Gasteiger partial charge >= 0.3 is 6.09 Å². The van der Waals surface area contributed by atoms with E-state index in [0.717, 1.165) is 18.5 Å². The van der Waals surface area contributed by atoms with E-state index in [1.807, 2.05) is 11.8 Å². The molecular formula is C16H23N5O3. The van der Waals surface area contributed by atoms with E-state index in [2.05, 4.69) is 15.3 Å². The molecule has 1 N–H and O–H groups in total. The first kappa shape index (κ1) is 16.5. The van der Waals surface area contributed by atoms with Crippen LogP contribution in [0, 0.1) is 6.92 Å². The van der Waals surface area contributed by atoms with Crippen molar-refractivity contribution in [2.24, 2.45) is 0 Å². The summed E-state index contributed by atoms with van der Waals surface area (Å²) in [6.45, 7) is 6.37. The van der Waals surface area contributed by atoms with Crippen molar-refractivity contribution in [2.75, 3.05) is 37.7 Å². The third-order valence-corrected chi connectivity index (χ3v) is 4.08. The van der Waals surface area contributed by atoms with Crippen molar-refractivity contribution in [1.29, 1.82) is 0 Å². The molecule has 2 fully saturated rings. The van der Waals surface area contributed by atoms with E-state index in [1.165, 1.54) is 0 Å². The molecule has 0 radical (unpaired) electrons. The molecule has 0 bridgehead atoms. The molecule has 1 aromatic rings. The molecule has 24 heavy (non-hydrogen) atoms. The number of hydrogen-bond donors (Lipinski definition) is 1. The standard InChI is InChI=1S/C16H23N5O3/c1-3-24-16(23)21-8-6-20(7-9-21)15-17-11(2)10-13(19-15)14(22)18-12-4-5-12/h10,12H,3-9H2,1-2H3,(H,18,22). The second-order valence-corrected chi connectivity index (χ2v) is 6.12. The van der Waals surface area contributed by atoms with Crippen LogP contribution in [0.3, 0.4) is 0 Å². The average molecular weight is 333 g/mol. The van der Waals surface area contributed by atoms with Gasteiger partial charge in [0.05, 0.1) is 6.61 Å². The van der Waals surface area contributed by atoms with Crippen LogP contribution in [0.4, 0.5) is 10.7 Å². The van der Waals surface area contributed by atoms with Gasteiger partial charge in [-0.2, -0.15) is 0 Å². The van der Waals surface area contributed by atoms with Crippen LogP contribution in [0.2, 0.25) is 0 Å². The summed E-state index contributed by atoms with van der Waals surface area (Å²) >= 11 is 0. The number of nitrogens with zero attached hydrogens (tertiary/aromatic N) is 4. The molecule has 3 rings (SSSR count). The molecule has 2 heterocycles. The Kier molecular flexibility index (Phi) is 4.82. The summed E-state index contributed by atoms with van der Waals surface area (Å²) in [5.74, 6) is 0.397. The molecule has 8 nitrogen and oxygen atoms in total. The first-order valence-electron chi connectivity index (χ1n) is 8.40. The van der Waals surface area contributed by atoms with Gasteiger partial charge in [0.25, 0.3) is 5.91 Å². The predicted octanol–water partition coefficient (Wildman–Crippen LogP) is 0.956. The molecule has 1 aromatic heterocycles. The number of aromatic nitrogens is 2. The molecule has 130 valence electrons. The number of nitrogens with one attached hydrogen (secondary N) is 1. The Morgan fingerprint density at radius 2 is 1.96 bits per heavy atom. The first-order chi connectivity index (χ1) is 11.6. The first-order valence-corrected chi connectivity index (χ1v) is 8.40. The highest BCUT2D eigenvalue weighted by molar-refractivity contribution is 5.93. The number of piperazine rings is 1. The summed E-state index contributed by atoms with van der Waals surface area (Å²) in [7, 11) is 0. The van der Waals surface area contributed by atoms with Crippen LogP contribution < -0.4 is 10.2 Å². The van der Waals surface area contributed by atoms with E-state index in [1.54, 1.807) is 17.9 Å². The van der Waals surface area contributed by atoms with Crippen LogP contribution in [0.15, 0.2) is 6.07 Å². The normalized spacial score (nSPS) is 17.6. The van der Waals surface area contributed by atoms with Crippen molar-refractivity contribution in [3.05, 3.63) is 17.5 Å². The van der Waals surface area contributed by atoms with Crippen LogP contribution in [-0.2, 0) is 4.74 Å². The molecule has 0 unspecified atom stereocenters. The van der Waals surface area contributed by atoms with E-state index in [-0.39, 0.29) is 12.0 Å². The number of ether oxygens (including phenoxy) is 1. The lowest BCUT2D eigenvalue weighted by atomic mass is 10.3. The highest BCUT2D eigenvalue weighted by Crippen LogP contribution is 2.20. The molecule has 0 atom stereocenters. The van der Waals surface area contributed by atoms with Crippen LogP contribution in [0.25, 0.3) is 0 Å². The third-order valence-electron chi connectivity index (χ3n) is 4.08. The maximum Gasteiger partial charge on any atom is 0.409 e. The number of hydrogen-bond acceptors (Lipinski definition) is 6. The number of carbonyl (C=O) groups is 2. The van der Waals surface area contributed by atoms with Gasteiger partial charge in [-0.1, -0.05) is 0 Å². The fraction of sp³-hybridized carbons (Fsp3) is 0.625. The van der Waals surface area contributed by atoms with E-state index in [4.69, 9.17) is 4.74 Å². The lowest BCUT2D eigenvalue weighted by Gasteiger charge is -2.34. The highest BCUT2D eigenvalue weighted by Gasteiger charge is 2.26. The second-order valence-electron chi connectivity index (χ2n) is 6.12. The van der Waals surface area contributed by atoms with Crippen molar-refractivity contribution < 1.29 is 14.3 Å². The van der Waals surface area contributed by atoms with Gasteiger partial charge in [-0.05, 0) is 32.8 Å². The van der Waals surface area contributed by atoms with E-state index in [9.17, 15) is 9.59 Å². The van der Waals surface area contributed by atoms with Crippen LogP contribution >= 0.6 is 0 Å². The average Bonchev–Trinajstić information content (AvgIpc) is 3.38. The van der Waals surface area contributed by atoms with Crippen molar-refractivity contribution >= 4 is 17.9 Å². The molecule has 1 saturated carbocycles. The van der Waals surface area contributed by atoms with E-state index < -0.39 is 0 Å². The van der Waals surface area contributed by atoms with Gasteiger partial charge in [0.1, 0.15) is 5.69 Å². The van der Waals surface area contributed by atoms with Gasteiger partial charge in [0.2, 0.25) is 5.95 Å². The Hall–Kier alpha value is -2.38. The maximum absolute atomic E-state index is 12.2. The second kappa shape index (κ2) is 7.02. The lowest BCUT2D eigenvalue weighted by molar-refractivity contribution is 0.0945. The molecule has 1 aliphatic heterocycles. The molecule has 1 saturated heterocycles. The van der Waals surface area contributed by atoms with Crippen LogP contribution in [-0.4, -0.2) is 65.7 Å². The SMILES string of the molecule is CCOC(=O)N1CCN(c2nc(C)cc(C(=O)NC3CC3)n2)CC1. The fourth-order valence-corrected chi connectivity index (χ4v) is 2.60. The zero-order chi connectivity index (χ0) is 17.1. The third kappa shape index (κ3) is 3.93. The summed E-state index contributed by atoms with van der Waals surface area (Å²) in [5, 5.41) is 2.95. The lowest BCUT2D eigenvalue weighted by Crippen LogP contribution is -2.49. The van der Waals surface area contributed by atoms with Gasteiger partial charge in [0.15, 0.2) is 0 Å². The molecule has 1 aliphatic carbocycles. The van der Waals surface area contributed by atoms with Gasteiger partial charge in [-0.3, -0.25) is 4.79 Å². The Labute approximate surface area is 141 Å².